The van der Waals surface area contributed by atoms with E-state index < -0.39 is 6.10 Å². The third-order valence-corrected chi connectivity index (χ3v) is 15.4. The number of rotatable bonds is 63. The van der Waals surface area contributed by atoms with Crippen LogP contribution in [0.4, 0.5) is 0 Å². The third-order valence-electron chi connectivity index (χ3n) is 15.4. The summed E-state index contributed by atoms with van der Waals surface area (Å²) in [5.41, 5.74) is 0. The first-order valence-electron chi connectivity index (χ1n) is 33.8. The molecule has 0 amide bonds. The van der Waals surface area contributed by atoms with Gasteiger partial charge in [-0.05, 0) is 70.6 Å². The van der Waals surface area contributed by atoms with Crippen LogP contribution in [0.5, 0.6) is 0 Å². The molecule has 0 aromatic rings. The normalized spacial score (nSPS) is 12.1. The van der Waals surface area contributed by atoms with Crippen LogP contribution in [-0.2, 0) is 28.6 Å². The van der Waals surface area contributed by atoms with Gasteiger partial charge >= 0.3 is 17.9 Å². The van der Waals surface area contributed by atoms with Crippen LogP contribution < -0.4 is 0 Å². The highest BCUT2D eigenvalue weighted by Crippen LogP contribution is 2.18. The molecule has 0 radical (unpaired) electrons. The van der Waals surface area contributed by atoms with Gasteiger partial charge in [0, 0.05) is 19.3 Å². The molecule has 0 saturated carbocycles. The van der Waals surface area contributed by atoms with Crippen molar-refractivity contribution in [2.24, 2.45) is 0 Å². The Bertz CT molecular complexity index is 1210. The fourth-order valence-electron chi connectivity index (χ4n) is 10.3. The zero-order valence-corrected chi connectivity index (χ0v) is 50.8. The highest BCUT2D eigenvalue weighted by atomic mass is 16.6. The van der Waals surface area contributed by atoms with Crippen molar-refractivity contribution in [3.8, 4) is 0 Å². The van der Waals surface area contributed by atoms with Crippen molar-refractivity contribution in [1.82, 2.24) is 0 Å². The first-order chi connectivity index (χ1) is 37.0. The van der Waals surface area contributed by atoms with Crippen LogP contribution in [0.15, 0.2) is 24.3 Å². The Morgan fingerprint density at radius 1 is 0.253 bits per heavy atom. The van der Waals surface area contributed by atoms with E-state index in [9.17, 15) is 14.4 Å². The van der Waals surface area contributed by atoms with Gasteiger partial charge < -0.3 is 14.2 Å². The number of ether oxygens (including phenoxy) is 3. The van der Waals surface area contributed by atoms with E-state index in [-0.39, 0.29) is 31.1 Å². The SMILES string of the molecule is CCCCC/C=C\CCCCCCCC(=O)OCC(COC(=O)CCCCCCCCCCCCCCCCCCCCCCCCCCCCCCCCC)OC(=O)CCCCCCC/C=C\CCCCCCC. The summed E-state index contributed by atoms with van der Waals surface area (Å²) in [5, 5.41) is 0. The fraction of sp³-hybridized carbons (Fsp3) is 0.899. The predicted molar refractivity (Wildman–Crippen MR) is 326 cm³/mol. The van der Waals surface area contributed by atoms with Gasteiger partial charge in [-0.15, -0.1) is 0 Å². The molecule has 1 atom stereocenters. The molecule has 6 heteroatoms. The second-order valence-electron chi connectivity index (χ2n) is 23.1. The molecule has 0 aliphatic heterocycles. The average molecular weight is 1060 g/mol. The summed E-state index contributed by atoms with van der Waals surface area (Å²) in [4.78, 5) is 38.2. The zero-order chi connectivity index (χ0) is 54.3. The van der Waals surface area contributed by atoms with Gasteiger partial charge in [-0.25, -0.2) is 0 Å². The van der Waals surface area contributed by atoms with E-state index in [1.54, 1.807) is 0 Å². The van der Waals surface area contributed by atoms with Crippen LogP contribution in [0, 0.1) is 0 Å². The molecule has 0 heterocycles. The molecule has 0 bridgehead atoms. The number of carbonyl (C=O) groups excluding carboxylic acids is 3. The molecule has 442 valence electrons. The van der Waals surface area contributed by atoms with Crippen molar-refractivity contribution in [2.75, 3.05) is 13.2 Å². The smallest absolute Gasteiger partial charge is 0.306 e. The van der Waals surface area contributed by atoms with Crippen molar-refractivity contribution in [1.29, 1.82) is 0 Å². The van der Waals surface area contributed by atoms with E-state index in [2.05, 4.69) is 45.1 Å². The Morgan fingerprint density at radius 3 is 0.693 bits per heavy atom. The van der Waals surface area contributed by atoms with Crippen molar-refractivity contribution < 1.29 is 28.6 Å². The summed E-state index contributed by atoms with van der Waals surface area (Å²) in [5.74, 6) is -0.868. The average Bonchev–Trinajstić information content (AvgIpc) is 3.41. The lowest BCUT2D eigenvalue weighted by molar-refractivity contribution is -0.167. The highest BCUT2D eigenvalue weighted by Gasteiger charge is 2.19. The molecular formula is C69H130O6. The molecule has 0 fully saturated rings. The molecule has 0 aliphatic rings. The monoisotopic (exact) mass is 1050 g/mol. The second kappa shape index (κ2) is 64.4. The Hall–Kier alpha value is -2.11. The van der Waals surface area contributed by atoms with Gasteiger partial charge in [0.1, 0.15) is 13.2 Å². The molecule has 0 rings (SSSR count). The molecule has 0 aromatic carbocycles. The molecule has 0 aromatic heterocycles. The van der Waals surface area contributed by atoms with E-state index in [4.69, 9.17) is 14.2 Å². The van der Waals surface area contributed by atoms with E-state index in [0.29, 0.717) is 19.3 Å². The Morgan fingerprint density at radius 2 is 0.440 bits per heavy atom. The summed E-state index contributed by atoms with van der Waals surface area (Å²) in [6.45, 7) is 6.65. The number of carbonyl (C=O) groups is 3. The van der Waals surface area contributed by atoms with Gasteiger partial charge in [0.15, 0.2) is 6.10 Å². The molecule has 0 saturated heterocycles. The van der Waals surface area contributed by atoms with Crippen molar-refractivity contribution in [3.05, 3.63) is 24.3 Å². The van der Waals surface area contributed by atoms with Gasteiger partial charge in [-0.2, -0.15) is 0 Å². The van der Waals surface area contributed by atoms with Gasteiger partial charge in [0.2, 0.25) is 0 Å². The predicted octanol–water partition coefficient (Wildman–Crippen LogP) is 23.0. The maximum Gasteiger partial charge on any atom is 0.306 e. The first-order valence-corrected chi connectivity index (χ1v) is 33.8. The van der Waals surface area contributed by atoms with Crippen LogP contribution in [0.3, 0.4) is 0 Å². The minimum Gasteiger partial charge on any atom is -0.462 e. The van der Waals surface area contributed by atoms with Crippen molar-refractivity contribution in [2.45, 2.75) is 386 Å². The number of esters is 3. The number of allylic oxidation sites excluding steroid dienone is 4. The molecule has 1 unspecified atom stereocenters. The quantitative estimate of drug-likeness (QED) is 0.0261. The number of hydrogen-bond acceptors (Lipinski definition) is 6. The van der Waals surface area contributed by atoms with Gasteiger partial charge in [-0.3, -0.25) is 14.4 Å². The fourth-order valence-corrected chi connectivity index (χ4v) is 10.3. The van der Waals surface area contributed by atoms with Crippen LogP contribution in [-0.4, -0.2) is 37.2 Å². The minimum atomic E-state index is -0.776. The van der Waals surface area contributed by atoms with Crippen LogP contribution in [0.25, 0.3) is 0 Å². The zero-order valence-electron chi connectivity index (χ0n) is 50.8. The van der Waals surface area contributed by atoms with Gasteiger partial charge in [0.25, 0.3) is 0 Å². The van der Waals surface area contributed by atoms with Crippen LogP contribution in [0.1, 0.15) is 380 Å². The maximum absolute atomic E-state index is 12.9. The van der Waals surface area contributed by atoms with E-state index in [0.717, 1.165) is 70.6 Å². The van der Waals surface area contributed by atoms with Gasteiger partial charge in [-0.1, -0.05) is 315 Å². The Labute approximate surface area is 468 Å². The molecule has 0 N–H and O–H groups in total. The Kier molecular flexibility index (Phi) is 62.6. The largest absolute Gasteiger partial charge is 0.462 e. The van der Waals surface area contributed by atoms with Crippen molar-refractivity contribution in [3.63, 3.8) is 0 Å². The summed E-state index contributed by atoms with van der Waals surface area (Å²) in [6.07, 6.45) is 77.9. The summed E-state index contributed by atoms with van der Waals surface area (Å²) < 4.78 is 16.9. The summed E-state index contributed by atoms with van der Waals surface area (Å²) in [7, 11) is 0. The Balaban J connectivity index is 4.07. The van der Waals surface area contributed by atoms with E-state index >= 15 is 0 Å². The molecule has 0 aliphatic carbocycles. The van der Waals surface area contributed by atoms with E-state index in [1.807, 2.05) is 0 Å². The summed E-state index contributed by atoms with van der Waals surface area (Å²) in [6, 6.07) is 0. The summed E-state index contributed by atoms with van der Waals surface area (Å²) >= 11 is 0. The molecule has 75 heavy (non-hydrogen) atoms. The van der Waals surface area contributed by atoms with Crippen molar-refractivity contribution >= 4 is 17.9 Å². The standard InChI is InChI=1S/C69H130O6/c1-4-7-10-13-16-19-22-25-27-28-29-30-31-32-33-34-35-36-37-38-39-40-41-42-43-45-47-50-53-56-59-62-68(71)74-65-66(64-73-67(70)61-58-55-52-49-46-24-21-18-15-12-9-6-3)75-69(72)63-60-57-54-51-48-44-26-23-20-17-14-11-8-5-2/h18,21,23,26,66H,4-17,19-20,22,24-25,27-65H2,1-3H3/b21-18-,26-23-. The number of unbranched alkanes of at least 4 members (excludes halogenated alkanes) is 48. The minimum absolute atomic E-state index is 0.0726. The number of hydrogen-bond donors (Lipinski definition) is 0. The molecular weight excluding hydrogens is 925 g/mol. The molecule has 6 nitrogen and oxygen atoms in total. The second-order valence-corrected chi connectivity index (χ2v) is 23.1. The third kappa shape index (κ3) is 62.6. The van der Waals surface area contributed by atoms with Crippen LogP contribution >= 0.6 is 0 Å². The lowest BCUT2D eigenvalue weighted by Crippen LogP contribution is -2.30. The lowest BCUT2D eigenvalue weighted by Gasteiger charge is -2.18. The molecule has 0 spiro atoms. The first kappa shape index (κ1) is 72.9. The van der Waals surface area contributed by atoms with E-state index in [1.165, 1.54) is 270 Å². The highest BCUT2D eigenvalue weighted by molar-refractivity contribution is 5.71. The maximum atomic E-state index is 12.9. The lowest BCUT2D eigenvalue weighted by atomic mass is 10.0. The van der Waals surface area contributed by atoms with Crippen LogP contribution in [0.2, 0.25) is 0 Å². The van der Waals surface area contributed by atoms with Gasteiger partial charge in [0.05, 0.1) is 0 Å². The topological polar surface area (TPSA) is 78.9 Å².